The highest BCUT2D eigenvalue weighted by Crippen LogP contribution is 2.51. The minimum absolute atomic E-state index is 0.0325. The normalized spacial score (nSPS) is 13.5. The van der Waals surface area contributed by atoms with Crippen molar-refractivity contribution in [3.63, 3.8) is 0 Å². The number of carbonyl (C=O) groups is 3. The predicted octanol–water partition coefficient (Wildman–Crippen LogP) is 3.41. The molecule has 1 heterocycles. The van der Waals surface area contributed by atoms with E-state index in [4.69, 9.17) is 47.5 Å². The first-order valence-electron chi connectivity index (χ1n) is 10.4. The van der Waals surface area contributed by atoms with Crippen LogP contribution in [-0.2, 0) is 49.2 Å². The Hall–Kier alpha value is -2.14. The van der Waals surface area contributed by atoms with Gasteiger partial charge in [0.05, 0.1) is 40.8 Å². The summed E-state index contributed by atoms with van der Waals surface area (Å²) in [6, 6.07) is 2.91. The Kier molecular flexibility index (Phi) is 9.75. The van der Waals surface area contributed by atoms with E-state index < -0.39 is 42.9 Å². The van der Waals surface area contributed by atoms with Gasteiger partial charge in [-0.25, -0.2) is 9.97 Å². The largest absolute Gasteiger partial charge is 0.465 e. The van der Waals surface area contributed by atoms with E-state index in [-0.39, 0.29) is 45.7 Å². The number of nitrogens with zero attached hydrogens (tertiary/aromatic N) is 2. The fourth-order valence-electron chi connectivity index (χ4n) is 3.36. The fraction of sp³-hybridized carbons (Fsp3) is 0.476. The smallest absolute Gasteiger partial charge is 0.336 e. The van der Waals surface area contributed by atoms with E-state index in [9.17, 15) is 18.9 Å². The van der Waals surface area contributed by atoms with Gasteiger partial charge >= 0.3 is 19.5 Å². The molecular formula is C21H26Cl2N3O8P. The molecule has 2 aromatic rings. The topological polar surface area (TPSA) is 157 Å². The van der Waals surface area contributed by atoms with Crippen molar-refractivity contribution in [2.45, 2.75) is 32.5 Å². The molecule has 35 heavy (non-hydrogen) atoms. The highest BCUT2D eigenvalue weighted by Gasteiger charge is 2.54. The Morgan fingerprint density at radius 3 is 1.86 bits per heavy atom. The molecule has 0 aliphatic carbocycles. The highest BCUT2D eigenvalue weighted by atomic mass is 35.5. The molecule has 1 unspecified atom stereocenters. The summed E-state index contributed by atoms with van der Waals surface area (Å²) in [5.74, 6) is -5.04. The Morgan fingerprint density at radius 1 is 1.00 bits per heavy atom. The number of rotatable bonds is 11. The van der Waals surface area contributed by atoms with E-state index in [1.807, 2.05) is 0 Å². The highest BCUT2D eigenvalue weighted by molar-refractivity contribution is 7.52. The van der Waals surface area contributed by atoms with E-state index >= 15 is 0 Å². The number of aromatic nitrogens is 2. The number of ether oxygens (including phenoxy) is 2. The number of halogens is 2. The molecule has 14 heteroatoms. The van der Waals surface area contributed by atoms with Gasteiger partial charge in [-0.2, -0.15) is 0 Å². The molecule has 0 saturated heterocycles. The summed E-state index contributed by atoms with van der Waals surface area (Å²) in [6.07, 6.45) is -0.522. The molecule has 0 aliphatic rings. The van der Waals surface area contributed by atoms with Crippen molar-refractivity contribution in [3.05, 3.63) is 33.6 Å². The van der Waals surface area contributed by atoms with Gasteiger partial charge in [0.2, 0.25) is 0 Å². The first-order chi connectivity index (χ1) is 16.4. The molecule has 0 fully saturated rings. The fourth-order valence-corrected chi connectivity index (χ4v) is 4.75. The Morgan fingerprint density at radius 2 is 1.46 bits per heavy atom. The maximum atomic E-state index is 13.1. The molecule has 0 bridgehead atoms. The number of hydrogen-bond acceptors (Lipinski definition) is 11. The molecular weight excluding hydrogens is 524 g/mol. The molecule has 2 rings (SSSR count). The van der Waals surface area contributed by atoms with Crippen LogP contribution in [0.4, 0.5) is 0 Å². The first kappa shape index (κ1) is 29.1. The molecule has 0 spiro atoms. The summed E-state index contributed by atoms with van der Waals surface area (Å²) in [4.78, 5) is 47.7. The summed E-state index contributed by atoms with van der Waals surface area (Å²) in [6.45, 7) is 3.88. The standard InChI is InChI=1S/C21H26Cl2N3O8P/c1-6-33-19(28)15(20(29)34-7-2)21(24,11(3)27)18-14(10-35(30,31-4)32-5)25-16-12(22)8-9-13(23)17(16)26-18/h8-9,15H,6-7,10,24H2,1-5H3. The van der Waals surface area contributed by atoms with E-state index in [1.165, 1.54) is 26.0 Å². The van der Waals surface area contributed by atoms with E-state index in [0.717, 1.165) is 21.1 Å². The van der Waals surface area contributed by atoms with Crippen molar-refractivity contribution < 1.29 is 37.5 Å². The Balaban J connectivity index is 3.01. The van der Waals surface area contributed by atoms with Crippen molar-refractivity contribution in [2.24, 2.45) is 11.7 Å². The van der Waals surface area contributed by atoms with Crippen molar-refractivity contribution in [3.8, 4) is 0 Å². The van der Waals surface area contributed by atoms with Crippen LogP contribution in [0.15, 0.2) is 12.1 Å². The van der Waals surface area contributed by atoms with E-state index in [1.54, 1.807) is 0 Å². The molecule has 0 amide bonds. The zero-order valence-corrected chi connectivity index (χ0v) is 22.2. The second-order valence-corrected chi connectivity index (χ2v) is 10.3. The molecule has 1 aromatic heterocycles. The lowest BCUT2D eigenvalue weighted by Crippen LogP contribution is -2.57. The van der Waals surface area contributed by atoms with E-state index in [2.05, 4.69) is 9.97 Å². The predicted molar refractivity (Wildman–Crippen MR) is 128 cm³/mol. The van der Waals surface area contributed by atoms with Crippen LogP contribution < -0.4 is 5.73 Å². The molecule has 1 aromatic carbocycles. The lowest BCUT2D eigenvalue weighted by molar-refractivity contribution is -0.167. The molecule has 0 saturated carbocycles. The van der Waals surface area contributed by atoms with Crippen LogP contribution in [0, 0.1) is 5.92 Å². The number of esters is 2. The molecule has 0 aliphatic heterocycles. The molecule has 2 N–H and O–H groups in total. The summed E-state index contributed by atoms with van der Waals surface area (Å²) < 4.78 is 33.1. The van der Waals surface area contributed by atoms with Gasteiger partial charge in [0.1, 0.15) is 16.6 Å². The minimum Gasteiger partial charge on any atom is -0.465 e. The monoisotopic (exact) mass is 549 g/mol. The first-order valence-corrected chi connectivity index (χ1v) is 12.9. The SMILES string of the molecule is CCOC(=O)C(C(=O)OCC)C(N)(C(C)=O)c1nc2c(Cl)ccc(Cl)c2nc1CP(=O)(OC)OC. The number of hydrogen-bond donors (Lipinski definition) is 1. The number of carbonyl (C=O) groups excluding carboxylic acids is 3. The summed E-state index contributed by atoms with van der Waals surface area (Å²) >= 11 is 12.6. The van der Waals surface area contributed by atoms with Gasteiger partial charge in [-0.3, -0.25) is 18.9 Å². The third kappa shape index (κ3) is 5.82. The van der Waals surface area contributed by atoms with Gasteiger partial charge in [-0.1, -0.05) is 23.2 Å². The average Bonchev–Trinajstić information content (AvgIpc) is 2.81. The van der Waals surface area contributed by atoms with Gasteiger partial charge in [0.15, 0.2) is 11.7 Å². The average molecular weight is 550 g/mol. The third-order valence-electron chi connectivity index (χ3n) is 5.17. The summed E-state index contributed by atoms with van der Waals surface area (Å²) in [5, 5.41) is 0.244. The second-order valence-electron chi connectivity index (χ2n) is 7.24. The lowest BCUT2D eigenvalue weighted by atomic mass is 9.77. The van der Waals surface area contributed by atoms with Gasteiger partial charge in [0, 0.05) is 14.2 Å². The maximum Gasteiger partial charge on any atom is 0.336 e. The van der Waals surface area contributed by atoms with Crippen LogP contribution in [0.2, 0.25) is 10.0 Å². The van der Waals surface area contributed by atoms with Crippen LogP contribution in [0.1, 0.15) is 32.2 Å². The Labute approximate surface area is 212 Å². The van der Waals surface area contributed by atoms with Crippen LogP contribution in [0.25, 0.3) is 11.0 Å². The minimum atomic E-state index is -3.82. The quantitative estimate of drug-likeness (QED) is 0.248. The van der Waals surface area contributed by atoms with E-state index in [0.29, 0.717) is 0 Å². The van der Waals surface area contributed by atoms with Crippen molar-refractivity contribution in [2.75, 3.05) is 27.4 Å². The van der Waals surface area contributed by atoms with Crippen LogP contribution >= 0.6 is 30.8 Å². The zero-order valence-electron chi connectivity index (χ0n) is 19.8. The zero-order chi connectivity index (χ0) is 26.6. The van der Waals surface area contributed by atoms with Gasteiger partial charge < -0.3 is 24.3 Å². The van der Waals surface area contributed by atoms with Gasteiger partial charge in [-0.05, 0) is 32.9 Å². The Bertz CT molecular complexity index is 1170. The molecule has 0 radical (unpaired) electrons. The van der Waals surface area contributed by atoms with Crippen molar-refractivity contribution >= 4 is 59.6 Å². The van der Waals surface area contributed by atoms with Crippen molar-refractivity contribution in [1.29, 1.82) is 0 Å². The number of ketones is 1. The summed E-state index contributed by atoms with van der Waals surface area (Å²) in [5.41, 5.74) is 3.71. The van der Waals surface area contributed by atoms with Crippen LogP contribution in [0.5, 0.6) is 0 Å². The summed E-state index contributed by atoms with van der Waals surface area (Å²) in [7, 11) is -1.50. The van der Waals surface area contributed by atoms with Crippen LogP contribution in [-0.4, -0.2) is 55.1 Å². The number of Topliss-reactive ketones (excluding diaryl/α,β-unsaturated/α-hetero) is 1. The van der Waals surface area contributed by atoms with Crippen LogP contribution in [0.3, 0.4) is 0 Å². The lowest BCUT2D eigenvalue weighted by Gasteiger charge is -2.33. The van der Waals surface area contributed by atoms with Crippen molar-refractivity contribution in [1.82, 2.24) is 9.97 Å². The number of benzene rings is 1. The number of fused-ring (bicyclic) bond motifs is 1. The second kappa shape index (κ2) is 11.7. The third-order valence-corrected chi connectivity index (χ3v) is 7.58. The molecule has 192 valence electrons. The maximum absolute atomic E-state index is 13.1. The molecule has 1 atom stereocenters. The van der Waals surface area contributed by atoms with Gasteiger partial charge in [-0.15, -0.1) is 0 Å². The molecule has 11 nitrogen and oxygen atoms in total. The van der Waals surface area contributed by atoms with Gasteiger partial charge in [0.25, 0.3) is 0 Å². The number of nitrogens with two attached hydrogens (primary N) is 1.